The van der Waals surface area contributed by atoms with E-state index in [2.05, 4.69) is 9.88 Å². The van der Waals surface area contributed by atoms with Crippen LogP contribution in [-0.4, -0.2) is 66.4 Å². The summed E-state index contributed by atoms with van der Waals surface area (Å²) in [7, 11) is 0. The van der Waals surface area contributed by atoms with Crippen molar-refractivity contribution in [3.63, 3.8) is 0 Å². The molecule has 2 saturated heterocycles. The van der Waals surface area contributed by atoms with Crippen LogP contribution >= 0.6 is 11.3 Å². The van der Waals surface area contributed by atoms with Crippen LogP contribution in [0.4, 0.5) is 10.9 Å². The number of anilines is 2. The molecule has 2 aliphatic rings. The molecule has 0 bridgehead atoms. The molecule has 3 N–H and O–H groups in total. The minimum atomic E-state index is -0.310. The van der Waals surface area contributed by atoms with Crippen LogP contribution in [0.3, 0.4) is 0 Å². The number of aliphatic hydroxyl groups is 1. The Morgan fingerprint density at radius 2 is 2.19 bits per heavy atom. The standard InChI is InChI=1S/C13H20N4O3S/c14-11-10(21-13(15-11)16-3-1-2-4-16)12(19)17-5-6-20-9(7-17)8-18/h9,18H,1-8,14H2. The number of rotatable bonds is 3. The van der Waals surface area contributed by atoms with Gasteiger partial charge in [-0.1, -0.05) is 11.3 Å². The minimum absolute atomic E-state index is 0.0824. The fourth-order valence-electron chi connectivity index (χ4n) is 2.67. The van der Waals surface area contributed by atoms with Gasteiger partial charge in [-0.15, -0.1) is 0 Å². The second-order valence-electron chi connectivity index (χ2n) is 5.33. The van der Waals surface area contributed by atoms with Crippen LogP contribution < -0.4 is 10.6 Å². The van der Waals surface area contributed by atoms with Gasteiger partial charge in [0.15, 0.2) is 5.13 Å². The predicted octanol–water partition coefficient (Wildman–Crippen LogP) is 0.159. The Morgan fingerprint density at radius 1 is 1.43 bits per heavy atom. The van der Waals surface area contributed by atoms with E-state index in [1.807, 2.05) is 0 Å². The molecule has 2 aliphatic heterocycles. The van der Waals surface area contributed by atoms with Gasteiger partial charge in [0.1, 0.15) is 10.7 Å². The van der Waals surface area contributed by atoms with Crippen molar-refractivity contribution in [1.29, 1.82) is 0 Å². The average Bonchev–Trinajstić information content (AvgIpc) is 3.16. The van der Waals surface area contributed by atoms with E-state index in [4.69, 9.17) is 15.6 Å². The van der Waals surface area contributed by atoms with Crippen molar-refractivity contribution in [3.8, 4) is 0 Å². The Kier molecular flexibility index (Phi) is 4.27. The summed E-state index contributed by atoms with van der Waals surface area (Å²) in [6.45, 7) is 3.22. The maximum absolute atomic E-state index is 12.6. The molecule has 8 heteroatoms. The van der Waals surface area contributed by atoms with Crippen LogP contribution in [0.25, 0.3) is 0 Å². The zero-order valence-electron chi connectivity index (χ0n) is 11.8. The van der Waals surface area contributed by atoms with Gasteiger partial charge in [0.05, 0.1) is 19.3 Å². The van der Waals surface area contributed by atoms with E-state index >= 15 is 0 Å². The van der Waals surface area contributed by atoms with Gasteiger partial charge in [-0.2, -0.15) is 0 Å². The summed E-state index contributed by atoms with van der Waals surface area (Å²) in [5.41, 5.74) is 5.93. The van der Waals surface area contributed by atoms with Gasteiger partial charge in [-0.25, -0.2) is 4.98 Å². The number of carbonyl (C=O) groups excluding carboxylic acids is 1. The van der Waals surface area contributed by atoms with Crippen LogP contribution in [0.2, 0.25) is 0 Å². The smallest absolute Gasteiger partial charge is 0.268 e. The molecule has 0 aliphatic carbocycles. The van der Waals surface area contributed by atoms with Crippen molar-refractivity contribution in [2.45, 2.75) is 18.9 Å². The number of aromatic nitrogens is 1. The lowest BCUT2D eigenvalue weighted by atomic mass is 10.2. The molecule has 0 radical (unpaired) electrons. The van der Waals surface area contributed by atoms with E-state index in [9.17, 15) is 4.79 Å². The Morgan fingerprint density at radius 3 is 2.90 bits per heavy atom. The third-order valence-corrected chi connectivity index (χ3v) is 4.96. The van der Waals surface area contributed by atoms with Crippen LogP contribution in [0, 0.1) is 0 Å². The summed E-state index contributed by atoms with van der Waals surface area (Å²) >= 11 is 1.36. The number of nitrogens with zero attached hydrogens (tertiary/aromatic N) is 3. The molecule has 2 fully saturated rings. The first-order valence-corrected chi connectivity index (χ1v) is 8.03. The molecule has 1 aromatic heterocycles. The molecule has 7 nitrogen and oxygen atoms in total. The lowest BCUT2D eigenvalue weighted by Gasteiger charge is -2.31. The van der Waals surface area contributed by atoms with Crippen molar-refractivity contribution in [3.05, 3.63) is 4.88 Å². The quantitative estimate of drug-likeness (QED) is 0.826. The SMILES string of the molecule is Nc1nc(N2CCCC2)sc1C(=O)N1CCOC(CO)C1. The third-order valence-electron chi connectivity index (χ3n) is 3.84. The fraction of sp³-hybridized carbons (Fsp3) is 0.692. The molecule has 0 saturated carbocycles. The molecule has 21 heavy (non-hydrogen) atoms. The first kappa shape index (κ1) is 14.6. The number of nitrogens with two attached hydrogens (primary N) is 1. The van der Waals surface area contributed by atoms with Crippen LogP contribution in [0.1, 0.15) is 22.5 Å². The number of aliphatic hydroxyl groups excluding tert-OH is 1. The molecule has 1 unspecified atom stereocenters. The number of hydrogen-bond acceptors (Lipinski definition) is 7. The summed E-state index contributed by atoms with van der Waals surface area (Å²) < 4.78 is 5.36. The van der Waals surface area contributed by atoms with E-state index in [1.165, 1.54) is 11.3 Å². The summed E-state index contributed by atoms with van der Waals surface area (Å²) in [4.78, 5) is 21.3. The van der Waals surface area contributed by atoms with Gasteiger partial charge in [0.25, 0.3) is 5.91 Å². The maximum atomic E-state index is 12.6. The number of nitrogen functional groups attached to an aromatic ring is 1. The third kappa shape index (κ3) is 2.97. The van der Waals surface area contributed by atoms with Crippen LogP contribution in [0.15, 0.2) is 0 Å². The topological polar surface area (TPSA) is 91.9 Å². The second kappa shape index (κ2) is 6.17. The molecule has 0 aromatic carbocycles. The summed E-state index contributed by atoms with van der Waals surface area (Å²) in [6.07, 6.45) is 2.00. The highest BCUT2D eigenvalue weighted by Gasteiger charge is 2.28. The normalized spacial score (nSPS) is 22.8. The summed E-state index contributed by atoms with van der Waals surface area (Å²) in [5, 5.41) is 9.99. The highest BCUT2D eigenvalue weighted by molar-refractivity contribution is 7.18. The number of morpholine rings is 1. The van der Waals surface area contributed by atoms with Crippen LogP contribution in [0.5, 0.6) is 0 Å². The fourth-order valence-corrected chi connectivity index (χ4v) is 3.68. The van der Waals surface area contributed by atoms with E-state index < -0.39 is 0 Å². The van der Waals surface area contributed by atoms with E-state index in [-0.39, 0.29) is 18.6 Å². The lowest BCUT2D eigenvalue weighted by molar-refractivity contribution is -0.0445. The Bertz CT molecular complexity index is 516. The van der Waals surface area contributed by atoms with Gasteiger partial charge in [0.2, 0.25) is 0 Å². The van der Waals surface area contributed by atoms with Crippen molar-refractivity contribution in [1.82, 2.24) is 9.88 Å². The van der Waals surface area contributed by atoms with Gasteiger partial charge >= 0.3 is 0 Å². The molecular formula is C13H20N4O3S. The molecular weight excluding hydrogens is 292 g/mol. The van der Waals surface area contributed by atoms with Crippen LogP contribution in [-0.2, 0) is 4.74 Å². The first-order valence-electron chi connectivity index (χ1n) is 7.22. The number of ether oxygens (including phenoxy) is 1. The predicted molar refractivity (Wildman–Crippen MR) is 80.7 cm³/mol. The number of hydrogen-bond donors (Lipinski definition) is 2. The lowest BCUT2D eigenvalue weighted by Crippen LogP contribution is -2.46. The van der Waals surface area contributed by atoms with E-state index in [0.29, 0.717) is 30.4 Å². The van der Waals surface area contributed by atoms with E-state index in [1.54, 1.807) is 4.90 Å². The second-order valence-corrected chi connectivity index (χ2v) is 6.31. The van der Waals surface area contributed by atoms with Crippen molar-refractivity contribution < 1.29 is 14.6 Å². The zero-order chi connectivity index (χ0) is 14.8. The Hall–Kier alpha value is -1.38. The molecule has 0 spiro atoms. The molecule has 3 heterocycles. The Balaban J connectivity index is 1.74. The van der Waals surface area contributed by atoms with Crippen molar-refractivity contribution in [2.75, 3.05) is 50.0 Å². The number of amides is 1. The zero-order valence-corrected chi connectivity index (χ0v) is 12.6. The minimum Gasteiger partial charge on any atom is -0.394 e. The molecule has 3 rings (SSSR count). The molecule has 1 amide bonds. The summed E-state index contributed by atoms with van der Waals surface area (Å²) in [5.74, 6) is 0.191. The van der Waals surface area contributed by atoms with Gasteiger partial charge in [-0.05, 0) is 12.8 Å². The highest BCUT2D eigenvalue weighted by atomic mass is 32.1. The Labute approximate surface area is 127 Å². The number of thiazole rings is 1. The van der Waals surface area contributed by atoms with Gasteiger partial charge in [-0.3, -0.25) is 4.79 Å². The van der Waals surface area contributed by atoms with Crippen molar-refractivity contribution in [2.24, 2.45) is 0 Å². The monoisotopic (exact) mass is 312 g/mol. The largest absolute Gasteiger partial charge is 0.394 e. The van der Waals surface area contributed by atoms with E-state index in [0.717, 1.165) is 31.1 Å². The molecule has 116 valence electrons. The average molecular weight is 312 g/mol. The summed E-state index contributed by atoms with van der Waals surface area (Å²) in [6, 6.07) is 0. The van der Waals surface area contributed by atoms with Crippen molar-refractivity contribution >= 4 is 28.2 Å². The van der Waals surface area contributed by atoms with Gasteiger partial charge in [0, 0.05) is 26.2 Å². The maximum Gasteiger partial charge on any atom is 0.268 e. The first-order chi connectivity index (χ1) is 10.2. The highest BCUT2D eigenvalue weighted by Crippen LogP contribution is 2.31. The van der Waals surface area contributed by atoms with Gasteiger partial charge < -0.3 is 25.4 Å². The molecule has 1 atom stereocenters. The molecule has 1 aromatic rings. The number of carbonyl (C=O) groups is 1.